The Morgan fingerprint density at radius 2 is 1.59 bits per heavy atom. The van der Waals surface area contributed by atoms with Crippen molar-refractivity contribution in [2.75, 3.05) is 45.9 Å². The van der Waals surface area contributed by atoms with Crippen molar-refractivity contribution in [1.29, 1.82) is 0 Å². The molecule has 0 unspecified atom stereocenters. The summed E-state index contributed by atoms with van der Waals surface area (Å²) >= 11 is 1.74. The van der Waals surface area contributed by atoms with Crippen LogP contribution in [0.15, 0.2) is 42.5 Å². The van der Waals surface area contributed by atoms with E-state index < -0.39 is 0 Å². The van der Waals surface area contributed by atoms with Gasteiger partial charge in [0.05, 0.1) is 31.7 Å². The highest BCUT2D eigenvalue weighted by molar-refractivity contribution is 7.11. The van der Waals surface area contributed by atoms with Crippen molar-refractivity contribution >= 4 is 23.2 Å². The van der Waals surface area contributed by atoms with Gasteiger partial charge in [0.25, 0.3) is 0 Å². The molecular weight excluding hydrogens is 506 g/mol. The maximum Gasteiger partial charge on any atom is 0.242 e. The van der Waals surface area contributed by atoms with Crippen molar-refractivity contribution in [2.24, 2.45) is 23.2 Å². The maximum absolute atomic E-state index is 14.5. The van der Waals surface area contributed by atoms with Gasteiger partial charge in [0.2, 0.25) is 11.8 Å². The lowest BCUT2D eigenvalue weighted by molar-refractivity contribution is -0.160. The number of morpholine rings is 1. The molecule has 1 aromatic heterocycles. The number of rotatable bonds is 10. The Bertz CT molecular complexity index is 1110. The zero-order valence-electron chi connectivity index (χ0n) is 23.4. The van der Waals surface area contributed by atoms with Crippen molar-refractivity contribution < 1.29 is 14.3 Å². The normalized spacial score (nSPS) is 28.0. The van der Waals surface area contributed by atoms with E-state index in [2.05, 4.69) is 36.1 Å². The minimum Gasteiger partial charge on any atom is -0.379 e. The summed E-state index contributed by atoms with van der Waals surface area (Å²) in [6, 6.07) is 14.5. The predicted octanol–water partition coefficient (Wildman–Crippen LogP) is 4.96. The highest BCUT2D eigenvalue weighted by Gasteiger charge is 2.55. The van der Waals surface area contributed by atoms with Gasteiger partial charge in [-0.25, -0.2) is 0 Å². The number of thiophene rings is 1. The molecule has 2 aromatic rings. The van der Waals surface area contributed by atoms with Gasteiger partial charge in [-0.15, -0.1) is 11.3 Å². The summed E-state index contributed by atoms with van der Waals surface area (Å²) in [4.78, 5) is 37.2. The Morgan fingerprint density at radius 1 is 0.923 bits per heavy atom. The SMILES string of the molecule is Cc1ccc(CN(Cc2ccccc2)C(=O)CN(CCN2CCOCC2)C(=O)C23CC4CC(CC(C4)C2)C3)s1. The quantitative estimate of drug-likeness (QED) is 0.420. The molecule has 7 rings (SSSR count). The molecule has 39 heavy (non-hydrogen) atoms. The molecule has 7 heteroatoms. The first kappa shape index (κ1) is 27.0. The minimum absolute atomic E-state index is 0.0463. The van der Waals surface area contributed by atoms with Gasteiger partial charge in [-0.3, -0.25) is 14.5 Å². The monoisotopic (exact) mass is 549 g/mol. The topological polar surface area (TPSA) is 53.1 Å². The van der Waals surface area contributed by atoms with E-state index in [-0.39, 0.29) is 23.8 Å². The van der Waals surface area contributed by atoms with E-state index in [0.29, 0.717) is 37.4 Å². The van der Waals surface area contributed by atoms with Crippen molar-refractivity contribution in [2.45, 2.75) is 58.5 Å². The number of hydrogen-bond acceptors (Lipinski definition) is 5. The predicted molar refractivity (Wildman–Crippen MR) is 154 cm³/mol. The van der Waals surface area contributed by atoms with Crippen LogP contribution in [0.3, 0.4) is 0 Å². The molecule has 1 saturated heterocycles. The van der Waals surface area contributed by atoms with Crippen LogP contribution in [0.5, 0.6) is 0 Å². The molecule has 4 saturated carbocycles. The molecule has 0 atom stereocenters. The second-order valence-electron chi connectivity index (χ2n) is 12.6. The molecule has 0 radical (unpaired) electrons. The standard InChI is InChI=1S/C32H43N3O3S/c1-24-7-8-29(39-24)22-35(21-25-5-3-2-4-6-25)30(36)23-34(10-9-33-11-13-38-14-12-33)31(37)32-18-26-15-27(19-32)17-28(16-26)20-32/h2-8,26-28H,9-23H2,1H3. The first-order valence-corrected chi connectivity index (χ1v) is 15.7. The number of amides is 2. The van der Waals surface area contributed by atoms with Gasteiger partial charge >= 0.3 is 0 Å². The van der Waals surface area contributed by atoms with Crippen LogP contribution in [0.25, 0.3) is 0 Å². The molecule has 5 aliphatic rings. The van der Waals surface area contributed by atoms with Gasteiger partial charge in [-0.2, -0.15) is 0 Å². The number of nitrogens with zero attached hydrogens (tertiary/aromatic N) is 3. The van der Waals surface area contributed by atoms with E-state index in [1.54, 1.807) is 11.3 Å². The maximum atomic E-state index is 14.5. The van der Waals surface area contributed by atoms with Gasteiger partial charge in [0.1, 0.15) is 0 Å². The third kappa shape index (κ3) is 6.26. The number of ether oxygens (including phenoxy) is 1. The fourth-order valence-corrected chi connectivity index (χ4v) is 9.01. The molecule has 2 amide bonds. The van der Waals surface area contributed by atoms with Gasteiger partial charge in [0, 0.05) is 42.5 Å². The summed E-state index contributed by atoms with van der Waals surface area (Å²) in [7, 11) is 0. The summed E-state index contributed by atoms with van der Waals surface area (Å²) in [6.45, 7) is 8.10. The third-order valence-corrected chi connectivity index (χ3v) is 10.6. The Morgan fingerprint density at radius 3 is 2.21 bits per heavy atom. The van der Waals surface area contributed by atoms with Gasteiger partial charge < -0.3 is 14.5 Å². The average Bonchev–Trinajstić information content (AvgIpc) is 3.35. The lowest BCUT2D eigenvalue weighted by Crippen LogP contribution is -2.57. The minimum atomic E-state index is -0.241. The van der Waals surface area contributed by atoms with Crippen LogP contribution >= 0.6 is 11.3 Å². The van der Waals surface area contributed by atoms with Crippen LogP contribution in [0, 0.1) is 30.1 Å². The molecule has 4 bridgehead atoms. The molecule has 0 spiro atoms. The lowest BCUT2D eigenvalue weighted by atomic mass is 9.49. The summed E-state index contributed by atoms with van der Waals surface area (Å²) in [5.74, 6) is 2.41. The first-order valence-electron chi connectivity index (χ1n) is 14.9. The Labute approximate surface area is 237 Å². The van der Waals surface area contributed by atoms with Crippen LogP contribution in [0.4, 0.5) is 0 Å². The van der Waals surface area contributed by atoms with Crippen LogP contribution in [-0.2, 0) is 27.4 Å². The number of benzene rings is 1. The molecule has 2 heterocycles. The van der Waals surface area contributed by atoms with E-state index in [4.69, 9.17) is 4.74 Å². The van der Waals surface area contributed by atoms with Gasteiger partial charge in [-0.1, -0.05) is 30.3 Å². The molecule has 210 valence electrons. The Kier molecular flexibility index (Phi) is 8.10. The Balaban J connectivity index is 1.22. The second kappa shape index (κ2) is 11.7. The van der Waals surface area contributed by atoms with E-state index in [1.807, 2.05) is 28.0 Å². The lowest BCUT2D eigenvalue weighted by Gasteiger charge is -2.56. The molecule has 0 N–H and O–H groups in total. The van der Waals surface area contributed by atoms with Gasteiger partial charge in [-0.05, 0) is 80.9 Å². The van der Waals surface area contributed by atoms with Crippen molar-refractivity contribution in [3.8, 4) is 0 Å². The summed E-state index contributed by atoms with van der Waals surface area (Å²) in [5.41, 5.74) is 0.876. The molecule has 4 aliphatic carbocycles. The van der Waals surface area contributed by atoms with E-state index in [1.165, 1.54) is 29.0 Å². The van der Waals surface area contributed by atoms with Crippen LogP contribution in [-0.4, -0.2) is 72.5 Å². The summed E-state index contributed by atoms with van der Waals surface area (Å²) in [5, 5.41) is 0. The summed E-state index contributed by atoms with van der Waals surface area (Å²) < 4.78 is 5.55. The number of hydrogen-bond donors (Lipinski definition) is 0. The van der Waals surface area contributed by atoms with E-state index in [9.17, 15) is 9.59 Å². The molecule has 5 fully saturated rings. The number of carbonyl (C=O) groups excluding carboxylic acids is 2. The fourth-order valence-electron chi connectivity index (χ4n) is 8.10. The Hall–Kier alpha value is -2.22. The average molecular weight is 550 g/mol. The smallest absolute Gasteiger partial charge is 0.242 e. The van der Waals surface area contributed by atoms with Gasteiger partial charge in [0.15, 0.2) is 0 Å². The van der Waals surface area contributed by atoms with Crippen LogP contribution in [0.2, 0.25) is 0 Å². The highest BCUT2D eigenvalue weighted by Crippen LogP contribution is 2.60. The van der Waals surface area contributed by atoms with Crippen LogP contribution < -0.4 is 0 Å². The summed E-state index contributed by atoms with van der Waals surface area (Å²) in [6.07, 6.45) is 7.02. The largest absolute Gasteiger partial charge is 0.379 e. The van der Waals surface area contributed by atoms with Crippen molar-refractivity contribution in [1.82, 2.24) is 14.7 Å². The second-order valence-corrected chi connectivity index (χ2v) is 14.0. The third-order valence-electron chi connectivity index (χ3n) is 9.61. The first-order chi connectivity index (χ1) is 19.0. The molecule has 1 aliphatic heterocycles. The van der Waals surface area contributed by atoms with Crippen molar-refractivity contribution in [3.05, 3.63) is 57.8 Å². The number of aryl methyl sites for hydroxylation is 1. The van der Waals surface area contributed by atoms with E-state index >= 15 is 0 Å². The van der Waals surface area contributed by atoms with Crippen molar-refractivity contribution in [3.63, 3.8) is 0 Å². The van der Waals surface area contributed by atoms with Crippen LogP contribution in [0.1, 0.15) is 53.8 Å². The molecule has 6 nitrogen and oxygen atoms in total. The zero-order valence-corrected chi connectivity index (χ0v) is 24.2. The fraction of sp³-hybridized carbons (Fsp3) is 0.625. The molecule has 1 aromatic carbocycles. The zero-order chi connectivity index (χ0) is 26.8. The highest BCUT2D eigenvalue weighted by atomic mass is 32.1. The molecular formula is C32H43N3O3S. The van der Waals surface area contributed by atoms with E-state index in [0.717, 1.165) is 57.7 Å². The number of carbonyl (C=O) groups is 2.